The van der Waals surface area contributed by atoms with Gasteiger partial charge in [-0.2, -0.15) is 5.10 Å². The SMILES string of the molecule is COc1cc(C(=O)N/N=C/c2ccc(S(O)(O)O)o2)c([N+](=O)[O-])c(OC)c1OC. The Morgan fingerprint density at radius 2 is 1.86 bits per heavy atom. The zero-order valence-corrected chi connectivity index (χ0v) is 16.1. The number of nitrogens with zero attached hydrogens (tertiary/aromatic N) is 2. The van der Waals surface area contributed by atoms with E-state index < -0.39 is 38.0 Å². The fourth-order valence-electron chi connectivity index (χ4n) is 2.26. The number of furan rings is 1. The van der Waals surface area contributed by atoms with Gasteiger partial charge in [0.1, 0.15) is 22.2 Å². The molecule has 1 aromatic heterocycles. The van der Waals surface area contributed by atoms with Crippen molar-refractivity contribution < 1.29 is 42.0 Å². The highest BCUT2D eigenvalue weighted by Crippen LogP contribution is 2.46. The number of methoxy groups -OCH3 is 3. The molecule has 0 atom stereocenters. The molecule has 0 spiro atoms. The molecule has 0 aliphatic rings. The zero-order chi connectivity index (χ0) is 21.8. The summed E-state index contributed by atoms with van der Waals surface area (Å²) in [5.74, 6) is -1.35. The molecule has 0 bridgehead atoms. The average Bonchev–Trinajstić information content (AvgIpc) is 3.15. The maximum atomic E-state index is 12.4. The first-order chi connectivity index (χ1) is 13.6. The topological polar surface area (TPSA) is 186 Å². The molecule has 158 valence electrons. The molecule has 13 nitrogen and oxygen atoms in total. The Hall–Kier alpha value is -3.33. The fraction of sp³-hybridized carbons (Fsp3) is 0.200. The van der Waals surface area contributed by atoms with Crippen LogP contribution in [-0.4, -0.2) is 52.0 Å². The lowest BCUT2D eigenvalue weighted by atomic mass is 10.1. The molecule has 0 saturated carbocycles. The Morgan fingerprint density at radius 3 is 2.34 bits per heavy atom. The van der Waals surface area contributed by atoms with Gasteiger partial charge in [-0.05, 0) is 12.1 Å². The molecule has 2 rings (SSSR count). The molecule has 2 aromatic rings. The van der Waals surface area contributed by atoms with Crippen molar-refractivity contribution in [2.24, 2.45) is 5.10 Å². The van der Waals surface area contributed by atoms with Crippen LogP contribution < -0.4 is 19.6 Å². The number of carbonyl (C=O) groups excluding carboxylic acids is 1. The van der Waals surface area contributed by atoms with E-state index in [1.807, 2.05) is 0 Å². The van der Waals surface area contributed by atoms with E-state index in [4.69, 9.17) is 32.3 Å². The molecule has 4 N–H and O–H groups in total. The number of nitro benzene ring substituents is 1. The van der Waals surface area contributed by atoms with E-state index in [1.54, 1.807) is 0 Å². The molecular weight excluding hydrogens is 414 g/mol. The minimum absolute atomic E-state index is 0.0212. The van der Waals surface area contributed by atoms with Crippen LogP contribution in [0.3, 0.4) is 0 Å². The molecule has 0 saturated heterocycles. The molecule has 0 aliphatic heterocycles. The van der Waals surface area contributed by atoms with Crippen molar-refractivity contribution >= 4 is 28.7 Å². The van der Waals surface area contributed by atoms with Gasteiger partial charge in [0, 0.05) is 6.07 Å². The van der Waals surface area contributed by atoms with Gasteiger partial charge in [0.2, 0.25) is 16.6 Å². The summed E-state index contributed by atoms with van der Waals surface area (Å²) in [4.78, 5) is 23.1. The third kappa shape index (κ3) is 4.75. The summed E-state index contributed by atoms with van der Waals surface area (Å²) in [6.45, 7) is 0. The first kappa shape index (κ1) is 22.0. The van der Waals surface area contributed by atoms with Crippen LogP contribution in [-0.2, 0) is 0 Å². The van der Waals surface area contributed by atoms with Gasteiger partial charge in [-0.15, -0.1) is 0 Å². The van der Waals surface area contributed by atoms with E-state index in [0.717, 1.165) is 18.3 Å². The van der Waals surface area contributed by atoms with Crippen LogP contribution in [0.5, 0.6) is 17.2 Å². The average molecular weight is 431 g/mol. The van der Waals surface area contributed by atoms with Gasteiger partial charge in [-0.1, -0.05) is 0 Å². The minimum Gasteiger partial charge on any atom is -0.493 e. The van der Waals surface area contributed by atoms with E-state index in [9.17, 15) is 14.9 Å². The highest BCUT2D eigenvalue weighted by atomic mass is 32.3. The van der Waals surface area contributed by atoms with Gasteiger partial charge in [0.25, 0.3) is 5.91 Å². The second-order valence-electron chi connectivity index (χ2n) is 5.17. The van der Waals surface area contributed by atoms with Crippen LogP contribution in [0.2, 0.25) is 0 Å². The Balaban J connectivity index is 2.34. The molecule has 1 aromatic carbocycles. The number of hydrazone groups is 1. The third-order valence-corrected chi connectivity index (χ3v) is 4.22. The van der Waals surface area contributed by atoms with Gasteiger partial charge in [0.05, 0.1) is 32.5 Å². The van der Waals surface area contributed by atoms with Gasteiger partial charge >= 0.3 is 5.69 Å². The van der Waals surface area contributed by atoms with E-state index in [-0.39, 0.29) is 23.0 Å². The van der Waals surface area contributed by atoms with Crippen molar-refractivity contribution in [2.45, 2.75) is 5.09 Å². The Kier molecular flexibility index (Phi) is 6.65. The second-order valence-corrected chi connectivity index (χ2v) is 6.61. The van der Waals surface area contributed by atoms with Crippen molar-refractivity contribution in [2.75, 3.05) is 21.3 Å². The first-order valence-electron chi connectivity index (χ1n) is 7.55. The molecular formula is C15H17N3O10S. The van der Waals surface area contributed by atoms with Gasteiger partial charge in [0.15, 0.2) is 5.75 Å². The first-order valence-corrected chi connectivity index (χ1v) is 9.05. The number of hydrogen-bond acceptors (Lipinski definition) is 11. The number of rotatable bonds is 8. The monoisotopic (exact) mass is 431 g/mol. The molecule has 0 aliphatic carbocycles. The van der Waals surface area contributed by atoms with Crippen LogP contribution in [0.1, 0.15) is 16.1 Å². The number of nitro groups is 1. The number of benzene rings is 1. The van der Waals surface area contributed by atoms with Crippen LogP contribution in [0.15, 0.2) is 32.8 Å². The molecule has 14 heteroatoms. The Morgan fingerprint density at radius 1 is 1.21 bits per heavy atom. The molecule has 0 fully saturated rings. The van der Waals surface area contributed by atoms with Crippen LogP contribution in [0.4, 0.5) is 5.69 Å². The van der Waals surface area contributed by atoms with Crippen molar-refractivity contribution in [1.82, 2.24) is 5.43 Å². The summed E-state index contributed by atoms with van der Waals surface area (Å²) in [6, 6.07) is 3.44. The number of ether oxygens (including phenoxy) is 3. The van der Waals surface area contributed by atoms with Gasteiger partial charge in [-0.3, -0.25) is 14.9 Å². The number of amides is 1. The Bertz CT molecular complexity index is 951. The van der Waals surface area contributed by atoms with Crippen molar-refractivity contribution in [3.63, 3.8) is 0 Å². The minimum atomic E-state index is -4.03. The van der Waals surface area contributed by atoms with E-state index in [1.165, 1.54) is 27.4 Å². The predicted octanol–water partition coefficient (Wildman–Crippen LogP) is 2.56. The second kappa shape index (κ2) is 8.78. The standard InChI is InChI=1S/C15H17N3O10S/c1-25-10-6-9(12(18(20)21)14(27-3)13(10)26-2)15(19)17-16-7-8-4-5-11(28-8)29(22,23)24/h4-7,22-24H,1-3H3,(H,17,19)/b16-7+. The maximum Gasteiger partial charge on any atom is 0.327 e. The number of carbonyl (C=O) groups is 1. The summed E-state index contributed by atoms with van der Waals surface area (Å²) in [6.07, 6.45) is 0.983. The quantitative estimate of drug-likeness (QED) is 0.275. The van der Waals surface area contributed by atoms with E-state index >= 15 is 0 Å². The van der Waals surface area contributed by atoms with Crippen LogP contribution in [0, 0.1) is 10.1 Å². The fourth-order valence-corrected chi connectivity index (χ4v) is 2.72. The van der Waals surface area contributed by atoms with E-state index in [0.29, 0.717) is 0 Å². The zero-order valence-electron chi connectivity index (χ0n) is 15.3. The van der Waals surface area contributed by atoms with Gasteiger partial charge in [-0.25, -0.2) is 5.43 Å². The van der Waals surface area contributed by atoms with Crippen LogP contribution in [0.25, 0.3) is 0 Å². The number of hydrogen-bond donors (Lipinski definition) is 4. The highest BCUT2D eigenvalue weighted by molar-refractivity contribution is 8.19. The highest BCUT2D eigenvalue weighted by Gasteiger charge is 2.32. The normalized spacial score (nSPS) is 11.9. The number of nitrogens with one attached hydrogen (secondary N) is 1. The summed E-state index contributed by atoms with van der Waals surface area (Å²) in [5, 5.41) is 14.6. The largest absolute Gasteiger partial charge is 0.493 e. The molecule has 1 heterocycles. The van der Waals surface area contributed by atoms with E-state index in [2.05, 4.69) is 10.5 Å². The maximum absolute atomic E-state index is 12.4. The lowest BCUT2D eigenvalue weighted by Crippen LogP contribution is -2.19. The molecule has 1 amide bonds. The Labute approximate surface area is 165 Å². The van der Waals surface area contributed by atoms with Gasteiger partial charge < -0.3 is 32.3 Å². The predicted molar refractivity (Wildman–Crippen MR) is 100 cm³/mol. The lowest BCUT2D eigenvalue weighted by molar-refractivity contribution is -0.386. The van der Waals surface area contributed by atoms with Crippen molar-refractivity contribution in [1.29, 1.82) is 0 Å². The third-order valence-electron chi connectivity index (χ3n) is 3.46. The smallest absolute Gasteiger partial charge is 0.327 e. The van der Waals surface area contributed by atoms with Crippen molar-refractivity contribution in [3.05, 3.63) is 39.6 Å². The molecule has 29 heavy (non-hydrogen) atoms. The summed E-state index contributed by atoms with van der Waals surface area (Å²) in [5.41, 5.74) is 0.994. The van der Waals surface area contributed by atoms with Crippen LogP contribution >= 0.6 is 10.9 Å². The summed E-state index contributed by atoms with van der Waals surface area (Å²) < 4.78 is 47.3. The molecule has 0 radical (unpaired) electrons. The summed E-state index contributed by atoms with van der Waals surface area (Å²) >= 11 is 0. The molecule has 0 unspecified atom stereocenters. The lowest BCUT2D eigenvalue weighted by Gasteiger charge is -2.14. The summed E-state index contributed by atoms with van der Waals surface area (Å²) in [7, 11) is -0.325. The van der Waals surface area contributed by atoms with Crippen molar-refractivity contribution in [3.8, 4) is 17.2 Å².